The summed E-state index contributed by atoms with van der Waals surface area (Å²) in [5, 5.41) is 13.5. The molecule has 0 radical (unpaired) electrons. The van der Waals surface area contributed by atoms with Crippen molar-refractivity contribution in [3.8, 4) is 0 Å². The molecule has 0 fully saturated rings. The maximum Gasteiger partial charge on any atom is 0.257 e. The predicted octanol–water partition coefficient (Wildman–Crippen LogP) is 2.35. The molecule has 4 aromatic rings. The Bertz CT molecular complexity index is 1220. The molecular formula is C23H29N6O2+. The zero-order chi connectivity index (χ0) is 22.0. The molecule has 31 heavy (non-hydrogen) atoms. The molecule has 0 aliphatic rings. The van der Waals surface area contributed by atoms with Gasteiger partial charge in [-0.25, -0.2) is 4.68 Å². The van der Waals surface area contributed by atoms with Crippen molar-refractivity contribution in [1.29, 1.82) is 0 Å². The number of nitrogens with zero attached hydrogens (tertiary/aromatic N) is 4. The van der Waals surface area contributed by atoms with Crippen molar-refractivity contribution in [2.75, 3.05) is 0 Å². The number of H-pyrrole nitrogens is 1. The summed E-state index contributed by atoms with van der Waals surface area (Å²) in [7, 11) is 0. The molecule has 1 atom stereocenters. The maximum atomic E-state index is 12.9. The lowest BCUT2D eigenvalue weighted by molar-refractivity contribution is -0.942. The van der Waals surface area contributed by atoms with Crippen LogP contribution in [0.15, 0.2) is 51.9 Å². The summed E-state index contributed by atoms with van der Waals surface area (Å²) in [6.07, 6.45) is 2.57. The molecule has 0 bridgehead atoms. The average Bonchev–Trinajstić information content (AvgIpc) is 3.42. The number of fused-ring (bicyclic) bond motifs is 1. The van der Waals surface area contributed by atoms with Crippen molar-refractivity contribution < 1.29 is 9.32 Å². The topological polar surface area (TPSA) is 94.0 Å². The van der Waals surface area contributed by atoms with E-state index in [2.05, 4.69) is 41.3 Å². The number of para-hydroxylation sites is 1. The van der Waals surface area contributed by atoms with Gasteiger partial charge >= 0.3 is 0 Å². The van der Waals surface area contributed by atoms with Crippen LogP contribution >= 0.6 is 0 Å². The Hall–Kier alpha value is -3.26. The molecule has 3 heterocycles. The molecule has 0 amide bonds. The molecule has 8 heteroatoms. The van der Waals surface area contributed by atoms with Gasteiger partial charge in [0.2, 0.25) is 5.82 Å². The molecule has 0 saturated carbocycles. The third-order valence-electron chi connectivity index (χ3n) is 5.99. The van der Waals surface area contributed by atoms with Crippen molar-refractivity contribution in [3.63, 3.8) is 0 Å². The van der Waals surface area contributed by atoms with Gasteiger partial charge in [-0.3, -0.25) is 4.79 Å². The van der Waals surface area contributed by atoms with Crippen molar-refractivity contribution in [1.82, 2.24) is 25.2 Å². The smallest absolute Gasteiger partial charge is 0.257 e. The standard InChI is InChI=1S/C23H28N6O2/c1-5-23(3,4)29-20(25-26-27-29)15-28(14-19-10-7-11-31-19)13-18-12-17-9-6-8-16(2)21(17)24-22(18)30/h6-12H,5,13-15H2,1-4H3,(H,24,30)/p+1. The van der Waals surface area contributed by atoms with Crippen LogP contribution in [0.4, 0.5) is 0 Å². The number of pyridine rings is 1. The molecule has 1 aromatic carbocycles. The normalized spacial score (nSPS) is 13.0. The number of nitrogens with one attached hydrogen (secondary N) is 2. The molecule has 3 aromatic heterocycles. The number of aryl methyl sites for hydroxylation is 1. The first kappa shape index (κ1) is 21.0. The summed E-state index contributed by atoms with van der Waals surface area (Å²) in [4.78, 5) is 17.0. The van der Waals surface area contributed by atoms with Crippen LogP contribution in [0.1, 0.15) is 49.9 Å². The highest BCUT2D eigenvalue weighted by atomic mass is 16.3. The molecule has 0 spiro atoms. The van der Waals surface area contributed by atoms with E-state index in [1.807, 2.05) is 48.0 Å². The van der Waals surface area contributed by atoms with E-state index < -0.39 is 0 Å². The number of furan rings is 1. The summed E-state index contributed by atoms with van der Waals surface area (Å²) < 4.78 is 7.48. The second-order valence-electron chi connectivity index (χ2n) is 8.70. The molecule has 8 nitrogen and oxygen atoms in total. The molecule has 162 valence electrons. The van der Waals surface area contributed by atoms with Gasteiger partial charge in [-0.1, -0.05) is 25.1 Å². The van der Waals surface area contributed by atoms with Crippen LogP contribution in [-0.4, -0.2) is 25.2 Å². The maximum absolute atomic E-state index is 12.9. The SMILES string of the molecule is CCC(C)(C)n1nnnc1C[NH+](Cc1ccco1)Cc1cc2cccc(C)c2[nH]c1=O. The van der Waals surface area contributed by atoms with Crippen LogP contribution in [0, 0.1) is 6.92 Å². The Balaban J connectivity index is 1.67. The van der Waals surface area contributed by atoms with E-state index in [-0.39, 0.29) is 11.1 Å². The molecule has 1 unspecified atom stereocenters. The lowest BCUT2D eigenvalue weighted by Crippen LogP contribution is -3.08. The number of hydrogen-bond donors (Lipinski definition) is 2. The number of aromatic amines is 1. The van der Waals surface area contributed by atoms with E-state index in [1.54, 1.807) is 6.26 Å². The molecule has 2 N–H and O–H groups in total. The third-order valence-corrected chi connectivity index (χ3v) is 5.99. The second kappa shape index (κ2) is 8.47. The molecular weight excluding hydrogens is 392 g/mol. The molecule has 0 saturated heterocycles. The van der Waals surface area contributed by atoms with Gasteiger partial charge in [-0.2, -0.15) is 0 Å². The number of tetrazole rings is 1. The van der Waals surface area contributed by atoms with Crippen LogP contribution in [-0.2, 0) is 25.2 Å². The number of hydrogen-bond acceptors (Lipinski definition) is 5. The summed E-state index contributed by atoms with van der Waals surface area (Å²) in [6, 6.07) is 11.9. The van der Waals surface area contributed by atoms with Crippen LogP contribution < -0.4 is 10.5 Å². The number of benzene rings is 1. The van der Waals surface area contributed by atoms with Crippen molar-refractivity contribution in [3.05, 3.63) is 75.7 Å². The highest BCUT2D eigenvalue weighted by molar-refractivity contribution is 5.81. The fraction of sp³-hybridized carbons (Fsp3) is 0.391. The van der Waals surface area contributed by atoms with E-state index in [0.717, 1.165) is 44.9 Å². The minimum absolute atomic E-state index is 0.0628. The quantitative estimate of drug-likeness (QED) is 0.455. The second-order valence-corrected chi connectivity index (χ2v) is 8.70. The first-order chi connectivity index (χ1) is 14.9. The summed E-state index contributed by atoms with van der Waals surface area (Å²) in [5.41, 5.74) is 2.42. The number of quaternary nitrogens is 1. The third kappa shape index (κ3) is 4.44. The molecule has 0 aliphatic heterocycles. The zero-order valence-corrected chi connectivity index (χ0v) is 18.5. The summed E-state index contributed by atoms with van der Waals surface area (Å²) >= 11 is 0. The molecule has 4 rings (SSSR count). The first-order valence-corrected chi connectivity index (χ1v) is 10.6. The Kier molecular flexibility index (Phi) is 5.73. The van der Waals surface area contributed by atoms with Gasteiger partial charge in [-0.05, 0) is 66.8 Å². The van der Waals surface area contributed by atoms with E-state index in [9.17, 15) is 4.79 Å². The highest BCUT2D eigenvalue weighted by Gasteiger charge is 2.26. The van der Waals surface area contributed by atoms with Crippen molar-refractivity contribution in [2.45, 2.75) is 59.3 Å². The van der Waals surface area contributed by atoms with E-state index in [1.165, 1.54) is 0 Å². The summed E-state index contributed by atoms with van der Waals surface area (Å²) in [6.45, 7) is 10.1. The first-order valence-electron chi connectivity index (χ1n) is 10.6. The van der Waals surface area contributed by atoms with Crippen molar-refractivity contribution >= 4 is 10.9 Å². The van der Waals surface area contributed by atoms with Crippen LogP contribution in [0.25, 0.3) is 10.9 Å². The van der Waals surface area contributed by atoms with Crippen molar-refractivity contribution in [2.24, 2.45) is 0 Å². The van der Waals surface area contributed by atoms with Crippen LogP contribution in [0.3, 0.4) is 0 Å². The fourth-order valence-electron chi connectivity index (χ4n) is 3.84. The minimum atomic E-state index is -0.188. The van der Waals surface area contributed by atoms with Gasteiger partial charge in [0.05, 0.1) is 22.9 Å². The predicted molar refractivity (Wildman–Crippen MR) is 118 cm³/mol. The fourth-order valence-corrected chi connectivity index (χ4v) is 3.84. The Morgan fingerprint density at radius 3 is 2.74 bits per heavy atom. The van der Waals surface area contributed by atoms with Gasteiger partial charge in [0, 0.05) is 0 Å². The lowest BCUT2D eigenvalue weighted by Gasteiger charge is -2.25. The van der Waals surface area contributed by atoms with Gasteiger partial charge in [-0.15, -0.1) is 5.10 Å². The Morgan fingerprint density at radius 2 is 2.00 bits per heavy atom. The van der Waals surface area contributed by atoms with E-state index in [4.69, 9.17) is 4.42 Å². The monoisotopic (exact) mass is 421 g/mol. The van der Waals surface area contributed by atoms with Gasteiger partial charge in [0.1, 0.15) is 19.6 Å². The number of rotatable bonds is 8. The zero-order valence-electron chi connectivity index (χ0n) is 18.5. The minimum Gasteiger partial charge on any atom is -0.463 e. The summed E-state index contributed by atoms with van der Waals surface area (Å²) in [5.74, 6) is 1.65. The molecule has 0 aliphatic carbocycles. The lowest BCUT2D eigenvalue weighted by atomic mass is 10.0. The van der Waals surface area contributed by atoms with Gasteiger partial charge in [0.25, 0.3) is 5.56 Å². The number of aromatic nitrogens is 5. The van der Waals surface area contributed by atoms with Crippen LogP contribution in [0.5, 0.6) is 0 Å². The largest absolute Gasteiger partial charge is 0.463 e. The van der Waals surface area contributed by atoms with Gasteiger partial charge < -0.3 is 14.3 Å². The van der Waals surface area contributed by atoms with Gasteiger partial charge in [0.15, 0.2) is 5.76 Å². The van der Waals surface area contributed by atoms with E-state index in [0.29, 0.717) is 19.6 Å². The highest BCUT2D eigenvalue weighted by Crippen LogP contribution is 2.18. The Labute approximate surface area is 180 Å². The Morgan fingerprint density at radius 1 is 1.16 bits per heavy atom. The van der Waals surface area contributed by atoms with Crippen LogP contribution in [0.2, 0.25) is 0 Å². The average molecular weight is 422 g/mol. The van der Waals surface area contributed by atoms with E-state index >= 15 is 0 Å².